The van der Waals surface area contributed by atoms with E-state index in [9.17, 15) is 8.42 Å². The van der Waals surface area contributed by atoms with Crippen molar-refractivity contribution in [2.24, 2.45) is 0 Å². The summed E-state index contributed by atoms with van der Waals surface area (Å²) < 4.78 is 27.3. The minimum absolute atomic E-state index is 0.271. The molecule has 1 aromatic carbocycles. The van der Waals surface area contributed by atoms with E-state index in [1.165, 1.54) is 0 Å². The molecule has 1 heterocycles. The van der Waals surface area contributed by atoms with E-state index in [1.54, 1.807) is 31.5 Å². The molecule has 0 amide bonds. The lowest BCUT2D eigenvalue weighted by atomic mass is 9.99. The Morgan fingerprint density at radius 3 is 2.43 bits per heavy atom. The monoisotopic (exact) mass is 307 g/mol. The molecule has 0 aliphatic heterocycles. The molecule has 21 heavy (non-hydrogen) atoms. The molecule has 0 aliphatic rings. The maximum absolute atomic E-state index is 12.3. The third kappa shape index (κ3) is 3.71. The molecule has 5 nitrogen and oxygen atoms in total. The molecular weight excluding hydrogens is 286 g/mol. The van der Waals surface area contributed by atoms with Crippen LogP contribution in [0.25, 0.3) is 0 Å². The average Bonchev–Trinajstić information content (AvgIpc) is 3.00. The van der Waals surface area contributed by atoms with Crippen LogP contribution in [-0.2, 0) is 10.0 Å². The Balaban J connectivity index is 2.16. The van der Waals surface area contributed by atoms with E-state index in [4.69, 9.17) is 0 Å². The Bertz CT molecular complexity index is 663. The third-order valence-electron chi connectivity index (χ3n) is 3.63. The lowest BCUT2D eigenvalue weighted by Gasteiger charge is -2.13. The van der Waals surface area contributed by atoms with Crippen molar-refractivity contribution in [3.8, 4) is 0 Å². The number of nitrogens with zero attached hydrogens (tertiary/aromatic N) is 1. The SMILES string of the molecule is CCC(C)c1ccc(S(=O)(=O)NC(C)c2ncc[nH]2)cc1. The van der Waals surface area contributed by atoms with Crippen molar-refractivity contribution in [1.82, 2.24) is 14.7 Å². The predicted octanol–water partition coefficient (Wildman–Crippen LogP) is 2.96. The van der Waals surface area contributed by atoms with Crippen LogP contribution >= 0.6 is 0 Å². The molecule has 0 bridgehead atoms. The van der Waals surface area contributed by atoms with Crippen LogP contribution in [0.15, 0.2) is 41.6 Å². The molecule has 2 atom stereocenters. The normalized spacial score (nSPS) is 14.8. The van der Waals surface area contributed by atoms with E-state index in [2.05, 4.69) is 28.5 Å². The van der Waals surface area contributed by atoms with E-state index in [0.29, 0.717) is 11.7 Å². The number of H-pyrrole nitrogens is 1. The van der Waals surface area contributed by atoms with Crippen molar-refractivity contribution < 1.29 is 8.42 Å². The molecule has 0 saturated heterocycles. The van der Waals surface area contributed by atoms with Crippen molar-refractivity contribution in [2.45, 2.75) is 44.0 Å². The molecule has 0 saturated carbocycles. The van der Waals surface area contributed by atoms with Crippen LogP contribution in [-0.4, -0.2) is 18.4 Å². The lowest BCUT2D eigenvalue weighted by Crippen LogP contribution is -2.27. The number of aromatic nitrogens is 2. The Morgan fingerprint density at radius 1 is 1.24 bits per heavy atom. The van der Waals surface area contributed by atoms with Crippen molar-refractivity contribution in [2.75, 3.05) is 0 Å². The molecule has 2 aromatic rings. The van der Waals surface area contributed by atoms with Crippen LogP contribution in [0.2, 0.25) is 0 Å². The van der Waals surface area contributed by atoms with Gasteiger partial charge in [-0.1, -0.05) is 26.0 Å². The van der Waals surface area contributed by atoms with E-state index >= 15 is 0 Å². The third-order valence-corrected chi connectivity index (χ3v) is 5.19. The standard InChI is InChI=1S/C15H21N3O2S/c1-4-11(2)13-5-7-14(8-6-13)21(19,20)18-12(3)15-16-9-10-17-15/h5-12,18H,4H2,1-3H3,(H,16,17). The first-order valence-electron chi connectivity index (χ1n) is 7.05. The molecule has 0 spiro atoms. The summed E-state index contributed by atoms with van der Waals surface area (Å²) in [6, 6.07) is 6.65. The fourth-order valence-corrected chi connectivity index (χ4v) is 3.29. The number of imidazole rings is 1. The van der Waals surface area contributed by atoms with Gasteiger partial charge in [0.2, 0.25) is 10.0 Å². The molecule has 2 unspecified atom stereocenters. The molecule has 114 valence electrons. The second kappa shape index (κ2) is 6.41. The van der Waals surface area contributed by atoms with Gasteiger partial charge in [0.05, 0.1) is 10.9 Å². The molecule has 0 aliphatic carbocycles. The van der Waals surface area contributed by atoms with E-state index in [1.807, 2.05) is 12.1 Å². The highest BCUT2D eigenvalue weighted by molar-refractivity contribution is 7.89. The predicted molar refractivity (Wildman–Crippen MR) is 82.5 cm³/mol. The van der Waals surface area contributed by atoms with Gasteiger partial charge < -0.3 is 4.98 Å². The fraction of sp³-hybridized carbons (Fsp3) is 0.400. The Morgan fingerprint density at radius 2 is 1.90 bits per heavy atom. The summed E-state index contributed by atoms with van der Waals surface area (Å²) in [6.45, 7) is 5.99. The van der Waals surface area contributed by atoms with Gasteiger partial charge >= 0.3 is 0 Å². The maximum Gasteiger partial charge on any atom is 0.241 e. The summed E-state index contributed by atoms with van der Waals surface area (Å²) in [4.78, 5) is 7.24. The number of nitrogens with one attached hydrogen (secondary N) is 2. The molecule has 2 rings (SSSR count). The zero-order valence-corrected chi connectivity index (χ0v) is 13.3. The molecule has 1 aromatic heterocycles. The summed E-state index contributed by atoms with van der Waals surface area (Å²) in [5.41, 5.74) is 1.15. The zero-order valence-electron chi connectivity index (χ0n) is 12.5. The lowest BCUT2D eigenvalue weighted by molar-refractivity contribution is 0.561. The number of benzene rings is 1. The van der Waals surface area contributed by atoms with E-state index < -0.39 is 16.1 Å². The summed E-state index contributed by atoms with van der Waals surface area (Å²) in [6.07, 6.45) is 4.29. The summed E-state index contributed by atoms with van der Waals surface area (Å²) in [5, 5.41) is 0. The highest BCUT2D eigenvalue weighted by Crippen LogP contribution is 2.21. The van der Waals surface area contributed by atoms with Gasteiger partial charge in [-0.25, -0.2) is 18.1 Å². The van der Waals surface area contributed by atoms with Gasteiger partial charge in [-0.15, -0.1) is 0 Å². The Labute approximate surface area is 125 Å². The highest BCUT2D eigenvalue weighted by Gasteiger charge is 2.19. The zero-order chi connectivity index (χ0) is 15.5. The fourth-order valence-electron chi connectivity index (χ4n) is 2.08. The van der Waals surface area contributed by atoms with E-state index in [-0.39, 0.29) is 4.90 Å². The van der Waals surface area contributed by atoms with Crippen LogP contribution in [0.5, 0.6) is 0 Å². The minimum atomic E-state index is -3.54. The first-order valence-corrected chi connectivity index (χ1v) is 8.54. The highest BCUT2D eigenvalue weighted by atomic mass is 32.2. The Kier molecular flexibility index (Phi) is 4.80. The summed E-state index contributed by atoms with van der Waals surface area (Å²) in [7, 11) is -3.54. The number of hydrogen-bond acceptors (Lipinski definition) is 3. The summed E-state index contributed by atoms with van der Waals surface area (Å²) in [5.74, 6) is 1.02. The van der Waals surface area contributed by atoms with Gasteiger partial charge in [0.25, 0.3) is 0 Å². The topological polar surface area (TPSA) is 74.8 Å². The smallest absolute Gasteiger partial charge is 0.241 e. The second-order valence-electron chi connectivity index (χ2n) is 5.20. The average molecular weight is 307 g/mol. The Hall–Kier alpha value is -1.66. The number of sulfonamides is 1. The molecule has 0 radical (unpaired) electrons. The van der Waals surface area contributed by atoms with Crippen molar-refractivity contribution >= 4 is 10.0 Å². The van der Waals surface area contributed by atoms with Crippen LogP contribution < -0.4 is 4.72 Å². The van der Waals surface area contributed by atoms with Crippen LogP contribution in [0.4, 0.5) is 0 Å². The quantitative estimate of drug-likeness (QED) is 0.861. The first kappa shape index (κ1) is 15.7. The number of aromatic amines is 1. The second-order valence-corrected chi connectivity index (χ2v) is 6.91. The maximum atomic E-state index is 12.3. The van der Waals surface area contributed by atoms with Gasteiger partial charge in [-0.3, -0.25) is 0 Å². The van der Waals surface area contributed by atoms with Crippen molar-refractivity contribution in [3.05, 3.63) is 48.0 Å². The van der Waals surface area contributed by atoms with Crippen molar-refractivity contribution in [3.63, 3.8) is 0 Å². The van der Waals surface area contributed by atoms with Crippen LogP contribution in [0.1, 0.15) is 50.5 Å². The van der Waals surface area contributed by atoms with Gasteiger partial charge in [-0.2, -0.15) is 0 Å². The first-order chi connectivity index (χ1) is 9.94. The molecule has 6 heteroatoms. The number of hydrogen-bond donors (Lipinski definition) is 2. The van der Waals surface area contributed by atoms with Crippen LogP contribution in [0, 0.1) is 0 Å². The van der Waals surface area contributed by atoms with Crippen molar-refractivity contribution in [1.29, 1.82) is 0 Å². The van der Waals surface area contributed by atoms with Crippen LogP contribution in [0.3, 0.4) is 0 Å². The van der Waals surface area contributed by atoms with Gasteiger partial charge in [0, 0.05) is 12.4 Å². The largest absolute Gasteiger partial charge is 0.347 e. The minimum Gasteiger partial charge on any atom is -0.347 e. The molecule has 0 fully saturated rings. The van der Waals surface area contributed by atoms with Gasteiger partial charge in [0.15, 0.2) is 0 Å². The van der Waals surface area contributed by atoms with Gasteiger partial charge in [0.1, 0.15) is 5.82 Å². The summed E-state index contributed by atoms with van der Waals surface area (Å²) >= 11 is 0. The number of rotatable bonds is 6. The molecular formula is C15H21N3O2S. The van der Waals surface area contributed by atoms with E-state index in [0.717, 1.165) is 12.0 Å². The van der Waals surface area contributed by atoms with Gasteiger partial charge in [-0.05, 0) is 37.0 Å². The molecule has 2 N–H and O–H groups in total.